The number of furan rings is 1. The average molecular weight is 329 g/mol. The van der Waals surface area contributed by atoms with Crippen molar-refractivity contribution < 1.29 is 18.7 Å². The maximum atomic E-state index is 12.4. The molecule has 0 bridgehead atoms. The second-order valence-electron chi connectivity index (χ2n) is 5.32. The molecule has 2 aromatic rings. The van der Waals surface area contributed by atoms with Crippen LogP contribution in [0.25, 0.3) is 6.08 Å². The summed E-state index contributed by atoms with van der Waals surface area (Å²) in [4.78, 5) is 14.1. The number of carbonyl (C=O) groups is 1. The van der Waals surface area contributed by atoms with Crippen LogP contribution in [0.2, 0.25) is 0 Å². The second-order valence-corrected chi connectivity index (χ2v) is 5.32. The van der Waals surface area contributed by atoms with E-state index in [9.17, 15) is 4.79 Å². The minimum atomic E-state index is -0.0682. The lowest BCUT2D eigenvalue weighted by Gasteiger charge is -2.20. The van der Waals surface area contributed by atoms with Crippen molar-refractivity contribution in [2.24, 2.45) is 0 Å². The van der Waals surface area contributed by atoms with Gasteiger partial charge in [0.15, 0.2) is 11.5 Å². The Morgan fingerprint density at radius 3 is 2.50 bits per heavy atom. The van der Waals surface area contributed by atoms with Gasteiger partial charge in [-0.15, -0.1) is 0 Å². The van der Waals surface area contributed by atoms with Crippen molar-refractivity contribution in [3.05, 3.63) is 53.5 Å². The minimum absolute atomic E-state index is 0.0682. The van der Waals surface area contributed by atoms with Crippen LogP contribution in [0, 0.1) is 6.92 Å². The van der Waals surface area contributed by atoms with Gasteiger partial charge in [0.1, 0.15) is 11.5 Å². The number of ether oxygens (including phenoxy) is 2. The summed E-state index contributed by atoms with van der Waals surface area (Å²) in [5.41, 5.74) is 0.977. The first-order valence-electron chi connectivity index (χ1n) is 7.81. The van der Waals surface area contributed by atoms with E-state index in [1.165, 1.54) is 6.08 Å². The number of nitrogens with zero attached hydrogens (tertiary/aromatic N) is 1. The molecule has 0 atom stereocenters. The van der Waals surface area contributed by atoms with Crippen LogP contribution in [0.4, 0.5) is 0 Å². The van der Waals surface area contributed by atoms with Gasteiger partial charge in [-0.25, -0.2) is 0 Å². The Balaban J connectivity index is 2.08. The van der Waals surface area contributed by atoms with E-state index in [4.69, 9.17) is 13.9 Å². The highest BCUT2D eigenvalue weighted by Crippen LogP contribution is 2.28. The van der Waals surface area contributed by atoms with E-state index < -0.39 is 0 Å². The van der Waals surface area contributed by atoms with Gasteiger partial charge in [0.05, 0.1) is 14.2 Å². The van der Waals surface area contributed by atoms with E-state index in [-0.39, 0.29) is 5.91 Å². The summed E-state index contributed by atoms with van der Waals surface area (Å²) in [6.45, 7) is 4.92. The van der Waals surface area contributed by atoms with Gasteiger partial charge in [-0.2, -0.15) is 0 Å². The van der Waals surface area contributed by atoms with E-state index in [1.807, 2.05) is 44.2 Å². The first kappa shape index (κ1) is 17.7. The smallest absolute Gasteiger partial charge is 0.246 e. The fraction of sp³-hybridized carbons (Fsp3) is 0.316. The molecule has 0 aliphatic heterocycles. The molecule has 0 spiro atoms. The SMILES string of the molecule is CCN(Cc1ccc(OC)c(OC)c1)C(=O)C=Cc1ccc(C)o1. The quantitative estimate of drug-likeness (QED) is 0.727. The third kappa shape index (κ3) is 4.41. The molecule has 0 fully saturated rings. The van der Waals surface area contributed by atoms with Crippen LogP contribution < -0.4 is 9.47 Å². The molecule has 0 saturated heterocycles. The maximum absolute atomic E-state index is 12.4. The molecule has 0 radical (unpaired) electrons. The number of hydrogen-bond acceptors (Lipinski definition) is 4. The fourth-order valence-corrected chi connectivity index (χ4v) is 2.35. The molecular weight excluding hydrogens is 306 g/mol. The molecule has 0 aliphatic carbocycles. The highest BCUT2D eigenvalue weighted by atomic mass is 16.5. The van der Waals surface area contributed by atoms with Crippen molar-refractivity contribution >= 4 is 12.0 Å². The summed E-state index contributed by atoms with van der Waals surface area (Å²) in [5.74, 6) is 2.74. The molecule has 0 saturated carbocycles. The third-order valence-electron chi connectivity index (χ3n) is 3.67. The summed E-state index contributed by atoms with van der Waals surface area (Å²) < 4.78 is 16.0. The average Bonchev–Trinajstić information content (AvgIpc) is 3.02. The Labute approximate surface area is 142 Å². The van der Waals surface area contributed by atoms with E-state index in [0.717, 1.165) is 11.3 Å². The largest absolute Gasteiger partial charge is 0.493 e. The number of rotatable bonds is 7. The maximum Gasteiger partial charge on any atom is 0.246 e. The highest BCUT2D eigenvalue weighted by molar-refractivity contribution is 5.91. The Morgan fingerprint density at radius 2 is 1.92 bits per heavy atom. The van der Waals surface area contributed by atoms with Crippen LogP contribution in [0.3, 0.4) is 0 Å². The zero-order chi connectivity index (χ0) is 17.5. The van der Waals surface area contributed by atoms with Crippen LogP contribution in [0.1, 0.15) is 24.0 Å². The lowest BCUT2D eigenvalue weighted by Crippen LogP contribution is -2.28. The molecule has 1 aromatic heterocycles. The molecule has 0 N–H and O–H groups in total. The Hall–Kier alpha value is -2.69. The highest BCUT2D eigenvalue weighted by Gasteiger charge is 2.11. The predicted octanol–water partition coefficient (Wildman–Crippen LogP) is 3.67. The van der Waals surface area contributed by atoms with Gasteiger partial charge in [0, 0.05) is 19.2 Å². The molecule has 5 nitrogen and oxygen atoms in total. The minimum Gasteiger partial charge on any atom is -0.493 e. The lowest BCUT2D eigenvalue weighted by atomic mass is 10.2. The van der Waals surface area contributed by atoms with Gasteiger partial charge in [-0.3, -0.25) is 4.79 Å². The molecule has 5 heteroatoms. The number of hydrogen-bond donors (Lipinski definition) is 0. The van der Waals surface area contributed by atoms with Gasteiger partial charge in [-0.05, 0) is 49.8 Å². The van der Waals surface area contributed by atoms with Gasteiger partial charge in [0.2, 0.25) is 5.91 Å². The topological polar surface area (TPSA) is 51.9 Å². The van der Waals surface area contributed by atoms with Crippen LogP contribution in [0.5, 0.6) is 11.5 Å². The summed E-state index contributed by atoms with van der Waals surface area (Å²) in [6, 6.07) is 9.36. The summed E-state index contributed by atoms with van der Waals surface area (Å²) in [6.07, 6.45) is 3.22. The fourth-order valence-electron chi connectivity index (χ4n) is 2.35. The van der Waals surface area contributed by atoms with Crippen molar-refractivity contribution in [2.75, 3.05) is 20.8 Å². The Morgan fingerprint density at radius 1 is 1.17 bits per heavy atom. The van der Waals surface area contributed by atoms with Crippen molar-refractivity contribution in [3.8, 4) is 11.5 Å². The number of aryl methyl sites for hydroxylation is 1. The number of amides is 1. The summed E-state index contributed by atoms with van der Waals surface area (Å²) >= 11 is 0. The van der Waals surface area contributed by atoms with E-state index in [2.05, 4.69) is 0 Å². The second kappa shape index (κ2) is 8.24. The lowest BCUT2D eigenvalue weighted by molar-refractivity contribution is -0.126. The third-order valence-corrected chi connectivity index (χ3v) is 3.67. The normalized spacial score (nSPS) is 10.8. The van der Waals surface area contributed by atoms with Crippen LogP contribution >= 0.6 is 0 Å². The summed E-state index contributed by atoms with van der Waals surface area (Å²) in [5, 5.41) is 0. The number of benzene rings is 1. The van der Waals surface area contributed by atoms with Crippen LogP contribution in [-0.2, 0) is 11.3 Å². The molecule has 128 valence electrons. The summed E-state index contributed by atoms with van der Waals surface area (Å²) in [7, 11) is 3.19. The Bertz CT molecular complexity index is 718. The molecule has 0 aliphatic rings. The molecular formula is C19H23NO4. The van der Waals surface area contributed by atoms with Crippen molar-refractivity contribution in [1.82, 2.24) is 4.90 Å². The standard InChI is InChI=1S/C19H23NO4/c1-5-20(19(21)11-9-16-8-6-14(2)24-16)13-15-7-10-17(22-3)18(12-15)23-4/h6-12H,5,13H2,1-4H3. The van der Waals surface area contributed by atoms with Crippen molar-refractivity contribution in [1.29, 1.82) is 0 Å². The molecule has 1 amide bonds. The molecule has 24 heavy (non-hydrogen) atoms. The van der Waals surface area contributed by atoms with Gasteiger partial charge in [-0.1, -0.05) is 6.07 Å². The molecule has 1 aromatic carbocycles. The first-order valence-corrected chi connectivity index (χ1v) is 7.81. The monoisotopic (exact) mass is 329 g/mol. The number of carbonyl (C=O) groups excluding carboxylic acids is 1. The van der Waals surface area contributed by atoms with Crippen molar-refractivity contribution in [3.63, 3.8) is 0 Å². The number of likely N-dealkylation sites (N-methyl/N-ethyl adjacent to an activating group) is 1. The first-order chi connectivity index (χ1) is 11.6. The van der Waals surface area contributed by atoms with Gasteiger partial charge >= 0.3 is 0 Å². The Kier molecular flexibility index (Phi) is 6.07. The van der Waals surface area contributed by atoms with Gasteiger partial charge < -0.3 is 18.8 Å². The van der Waals surface area contributed by atoms with Gasteiger partial charge in [0.25, 0.3) is 0 Å². The van der Waals surface area contributed by atoms with Crippen LogP contribution in [0.15, 0.2) is 40.8 Å². The van der Waals surface area contributed by atoms with E-state index in [1.54, 1.807) is 25.2 Å². The van der Waals surface area contributed by atoms with Crippen molar-refractivity contribution in [2.45, 2.75) is 20.4 Å². The number of methoxy groups -OCH3 is 2. The zero-order valence-electron chi connectivity index (χ0n) is 14.5. The molecule has 0 unspecified atom stereocenters. The molecule has 1 heterocycles. The zero-order valence-corrected chi connectivity index (χ0v) is 14.5. The van der Waals surface area contributed by atoms with E-state index in [0.29, 0.717) is 30.3 Å². The van der Waals surface area contributed by atoms with Crippen LogP contribution in [-0.4, -0.2) is 31.6 Å². The van der Waals surface area contributed by atoms with E-state index >= 15 is 0 Å². The molecule has 2 rings (SSSR count). The predicted molar refractivity (Wildman–Crippen MR) is 93.1 cm³/mol.